The predicted octanol–water partition coefficient (Wildman–Crippen LogP) is 2.19. The average molecular weight is 318 g/mol. The van der Waals surface area contributed by atoms with Crippen molar-refractivity contribution in [3.63, 3.8) is 0 Å². The number of likely N-dealkylation sites (tertiary alicyclic amines) is 1. The molecule has 2 heterocycles. The van der Waals surface area contributed by atoms with E-state index in [-0.39, 0.29) is 18.4 Å². The quantitative estimate of drug-likeness (QED) is 0.927. The highest BCUT2D eigenvalue weighted by Gasteiger charge is 2.19. The van der Waals surface area contributed by atoms with Gasteiger partial charge in [0.15, 0.2) is 11.5 Å². The number of carbonyl (C=O) groups excluding carboxylic acids is 2. The number of benzene rings is 1. The average Bonchev–Trinajstić information content (AvgIpc) is 2.88. The number of nitrogens with zero attached hydrogens (tertiary/aromatic N) is 1. The van der Waals surface area contributed by atoms with E-state index in [4.69, 9.17) is 9.47 Å². The minimum absolute atomic E-state index is 0.0660. The standard InChI is InChI=1S/C17H22N2O4/c20-16(12-19-8-3-1-2-5-17(19)21)18-13-6-7-14-15(11-13)23-10-4-9-22-14/h6-7,11H,1-5,8-10,12H2,(H,18,20). The van der Waals surface area contributed by atoms with Gasteiger partial charge in [-0.2, -0.15) is 0 Å². The molecule has 0 spiro atoms. The zero-order valence-corrected chi connectivity index (χ0v) is 13.2. The molecular weight excluding hydrogens is 296 g/mol. The fourth-order valence-corrected chi connectivity index (χ4v) is 2.82. The van der Waals surface area contributed by atoms with E-state index in [1.54, 1.807) is 23.1 Å². The molecule has 23 heavy (non-hydrogen) atoms. The molecule has 3 rings (SSSR count). The molecule has 0 aliphatic carbocycles. The molecule has 1 aromatic rings. The van der Waals surface area contributed by atoms with E-state index in [2.05, 4.69) is 5.32 Å². The second kappa shape index (κ2) is 7.35. The molecule has 6 nitrogen and oxygen atoms in total. The third-order valence-corrected chi connectivity index (χ3v) is 4.04. The summed E-state index contributed by atoms with van der Waals surface area (Å²) in [7, 11) is 0. The van der Waals surface area contributed by atoms with E-state index < -0.39 is 0 Å². The first-order valence-electron chi connectivity index (χ1n) is 8.20. The topological polar surface area (TPSA) is 67.9 Å². The Morgan fingerprint density at radius 3 is 2.78 bits per heavy atom. The molecule has 0 radical (unpaired) electrons. The normalized spacial score (nSPS) is 18.1. The first kappa shape index (κ1) is 15.6. The number of hydrogen-bond donors (Lipinski definition) is 1. The van der Waals surface area contributed by atoms with Gasteiger partial charge in [-0.1, -0.05) is 6.42 Å². The minimum atomic E-state index is -0.185. The van der Waals surface area contributed by atoms with Crippen LogP contribution in [0.2, 0.25) is 0 Å². The van der Waals surface area contributed by atoms with Gasteiger partial charge in [0.2, 0.25) is 11.8 Å². The lowest BCUT2D eigenvalue weighted by molar-refractivity contribution is -0.134. The summed E-state index contributed by atoms with van der Waals surface area (Å²) in [6.45, 7) is 2.00. The number of rotatable bonds is 3. The van der Waals surface area contributed by atoms with E-state index in [1.165, 1.54) is 0 Å². The van der Waals surface area contributed by atoms with E-state index in [9.17, 15) is 9.59 Å². The molecule has 124 valence electrons. The van der Waals surface area contributed by atoms with Gasteiger partial charge in [-0.25, -0.2) is 0 Å². The molecule has 6 heteroatoms. The molecule has 1 aromatic carbocycles. The van der Waals surface area contributed by atoms with Crippen LogP contribution in [0.15, 0.2) is 18.2 Å². The minimum Gasteiger partial charge on any atom is -0.490 e. The van der Waals surface area contributed by atoms with E-state index >= 15 is 0 Å². The maximum Gasteiger partial charge on any atom is 0.243 e. The Balaban J connectivity index is 1.61. The Bertz CT molecular complexity index is 588. The summed E-state index contributed by atoms with van der Waals surface area (Å²) < 4.78 is 11.2. The molecule has 0 unspecified atom stereocenters. The number of anilines is 1. The summed E-state index contributed by atoms with van der Waals surface area (Å²) in [6.07, 6.45) is 4.30. The van der Waals surface area contributed by atoms with Crippen molar-refractivity contribution in [3.8, 4) is 11.5 Å². The second-order valence-electron chi connectivity index (χ2n) is 5.89. The molecule has 0 saturated carbocycles. The monoisotopic (exact) mass is 318 g/mol. The predicted molar refractivity (Wildman–Crippen MR) is 85.7 cm³/mol. The number of hydrogen-bond acceptors (Lipinski definition) is 4. The van der Waals surface area contributed by atoms with Gasteiger partial charge in [0, 0.05) is 31.1 Å². The highest BCUT2D eigenvalue weighted by molar-refractivity contribution is 5.94. The number of carbonyl (C=O) groups is 2. The number of fused-ring (bicyclic) bond motifs is 1. The SMILES string of the molecule is O=C(CN1CCCCCC1=O)Nc1ccc2c(c1)OCCCO2. The van der Waals surface area contributed by atoms with Crippen molar-refractivity contribution in [3.05, 3.63) is 18.2 Å². The van der Waals surface area contributed by atoms with Crippen molar-refractivity contribution in [2.75, 3.05) is 31.6 Å². The number of amides is 2. The van der Waals surface area contributed by atoms with Gasteiger partial charge in [0.1, 0.15) is 0 Å². The Labute approximate surface area is 135 Å². The molecule has 0 atom stereocenters. The summed E-state index contributed by atoms with van der Waals surface area (Å²) in [5.41, 5.74) is 0.654. The maximum absolute atomic E-state index is 12.2. The zero-order valence-electron chi connectivity index (χ0n) is 13.2. The second-order valence-corrected chi connectivity index (χ2v) is 5.89. The maximum atomic E-state index is 12.2. The van der Waals surface area contributed by atoms with E-state index in [0.29, 0.717) is 43.4 Å². The van der Waals surface area contributed by atoms with Crippen molar-refractivity contribution in [2.24, 2.45) is 0 Å². The van der Waals surface area contributed by atoms with Gasteiger partial charge in [-0.15, -0.1) is 0 Å². The number of nitrogens with one attached hydrogen (secondary N) is 1. The fourth-order valence-electron chi connectivity index (χ4n) is 2.82. The van der Waals surface area contributed by atoms with Gasteiger partial charge in [-0.05, 0) is 25.0 Å². The van der Waals surface area contributed by atoms with Gasteiger partial charge in [0.05, 0.1) is 19.8 Å². The van der Waals surface area contributed by atoms with E-state index in [1.807, 2.05) is 0 Å². The summed E-state index contributed by atoms with van der Waals surface area (Å²) in [5.74, 6) is 1.22. The van der Waals surface area contributed by atoms with Crippen LogP contribution in [0.3, 0.4) is 0 Å². The van der Waals surface area contributed by atoms with Crippen LogP contribution in [0.5, 0.6) is 11.5 Å². The Morgan fingerprint density at radius 2 is 1.91 bits per heavy atom. The molecule has 1 N–H and O–H groups in total. The van der Waals surface area contributed by atoms with E-state index in [0.717, 1.165) is 25.7 Å². The third-order valence-electron chi connectivity index (χ3n) is 4.04. The highest BCUT2D eigenvalue weighted by atomic mass is 16.5. The van der Waals surface area contributed by atoms with Crippen LogP contribution in [-0.2, 0) is 9.59 Å². The summed E-state index contributed by atoms with van der Waals surface area (Å²) in [5, 5.41) is 2.83. The van der Waals surface area contributed by atoms with Crippen molar-refractivity contribution < 1.29 is 19.1 Å². The molecule has 0 bridgehead atoms. The van der Waals surface area contributed by atoms with Crippen molar-refractivity contribution in [1.82, 2.24) is 4.90 Å². The smallest absolute Gasteiger partial charge is 0.243 e. The molecule has 1 saturated heterocycles. The fraction of sp³-hybridized carbons (Fsp3) is 0.529. The molecule has 0 aromatic heterocycles. The van der Waals surface area contributed by atoms with Crippen molar-refractivity contribution in [2.45, 2.75) is 32.1 Å². The lowest BCUT2D eigenvalue weighted by atomic mass is 10.2. The summed E-state index contributed by atoms with van der Waals surface area (Å²) in [4.78, 5) is 25.8. The van der Waals surface area contributed by atoms with Crippen molar-refractivity contribution in [1.29, 1.82) is 0 Å². The van der Waals surface area contributed by atoms with Crippen LogP contribution in [0.1, 0.15) is 32.1 Å². The molecule has 2 aliphatic rings. The molecule has 2 aliphatic heterocycles. The molecule has 2 amide bonds. The van der Waals surface area contributed by atoms with Gasteiger partial charge in [0.25, 0.3) is 0 Å². The first-order chi connectivity index (χ1) is 11.2. The third kappa shape index (κ3) is 4.15. The van der Waals surface area contributed by atoms with Crippen molar-refractivity contribution >= 4 is 17.5 Å². The van der Waals surface area contributed by atoms with Gasteiger partial charge >= 0.3 is 0 Å². The summed E-state index contributed by atoms with van der Waals surface area (Å²) in [6, 6.07) is 5.35. The Kier molecular flexibility index (Phi) is 5.00. The van der Waals surface area contributed by atoms with Crippen LogP contribution < -0.4 is 14.8 Å². The molecule has 1 fully saturated rings. The summed E-state index contributed by atoms with van der Waals surface area (Å²) >= 11 is 0. The van der Waals surface area contributed by atoms with Crippen LogP contribution in [0, 0.1) is 0 Å². The van der Waals surface area contributed by atoms with Gasteiger partial charge in [-0.3, -0.25) is 9.59 Å². The zero-order chi connectivity index (χ0) is 16.1. The Morgan fingerprint density at radius 1 is 1.09 bits per heavy atom. The van der Waals surface area contributed by atoms with Gasteiger partial charge < -0.3 is 19.7 Å². The lowest BCUT2D eigenvalue weighted by Crippen LogP contribution is -2.37. The Hall–Kier alpha value is -2.24. The lowest BCUT2D eigenvalue weighted by Gasteiger charge is -2.20. The molecular formula is C17H22N2O4. The number of ether oxygens (including phenoxy) is 2. The van der Waals surface area contributed by atoms with Crippen LogP contribution in [-0.4, -0.2) is 43.0 Å². The van der Waals surface area contributed by atoms with Crippen LogP contribution in [0.4, 0.5) is 5.69 Å². The van der Waals surface area contributed by atoms with Crippen LogP contribution in [0.25, 0.3) is 0 Å². The largest absolute Gasteiger partial charge is 0.490 e. The van der Waals surface area contributed by atoms with Crippen LogP contribution >= 0.6 is 0 Å². The first-order valence-corrected chi connectivity index (χ1v) is 8.20. The highest BCUT2D eigenvalue weighted by Crippen LogP contribution is 2.32.